The van der Waals surface area contributed by atoms with Gasteiger partial charge in [0.25, 0.3) is 5.91 Å². The number of carbonyl (C=O) groups is 1. The number of rotatable bonds is 4. The molecule has 8 heteroatoms. The molecule has 3 N–H and O–H groups in total. The normalized spacial score (nSPS) is 14.3. The van der Waals surface area contributed by atoms with Crippen LogP contribution in [0, 0.1) is 6.92 Å². The number of halogens is 1. The molecular formula is C21H22ClN4O3+. The lowest BCUT2D eigenvalue weighted by atomic mass is 10.0. The minimum atomic E-state index is -0.0708. The summed E-state index contributed by atoms with van der Waals surface area (Å²) in [6, 6.07) is 15.0. The van der Waals surface area contributed by atoms with E-state index < -0.39 is 0 Å². The first-order valence-corrected chi connectivity index (χ1v) is 9.79. The summed E-state index contributed by atoms with van der Waals surface area (Å²) in [5.74, 6) is 0.453. The highest BCUT2D eigenvalue weighted by Gasteiger charge is 2.29. The molecule has 1 fully saturated rings. The highest BCUT2D eigenvalue weighted by molar-refractivity contribution is 6.33. The maximum absolute atomic E-state index is 13.2. The Kier molecular flexibility index (Phi) is 5.53. The Labute approximate surface area is 173 Å². The predicted molar refractivity (Wildman–Crippen MR) is 110 cm³/mol. The summed E-state index contributed by atoms with van der Waals surface area (Å²) in [5, 5.41) is 13.8. The molecule has 0 unspecified atom stereocenters. The molecule has 2 aromatic carbocycles. The lowest BCUT2D eigenvalue weighted by molar-refractivity contribution is -0.825. The molecule has 7 nitrogen and oxygen atoms in total. The van der Waals surface area contributed by atoms with E-state index in [2.05, 4.69) is 10.1 Å². The van der Waals surface area contributed by atoms with Gasteiger partial charge in [0, 0.05) is 43.9 Å². The van der Waals surface area contributed by atoms with Crippen molar-refractivity contribution in [2.24, 2.45) is 0 Å². The van der Waals surface area contributed by atoms with Crippen LogP contribution in [0.25, 0.3) is 11.3 Å². The SMILES string of the molecule is Cc1onc(-c2ccccc2)c1C(=O)N1CCN(c2ccc([NH2+]O)cc2Cl)CC1. The highest BCUT2D eigenvalue weighted by atomic mass is 35.5. The number of nitrogens with two attached hydrogens (primary N) is 1. The molecule has 0 bridgehead atoms. The Morgan fingerprint density at radius 1 is 1.14 bits per heavy atom. The van der Waals surface area contributed by atoms with E-state index in [-0.39, 0.29) is 5.91 Å². The van der Waals surface area contributed by atoms with Crippen molar-refractivity contribution < 1.29 is 20.0 Å². The lowest BCUT2D eigenvalue weighted by Crippen LogP contribution is -2.73. The molecule has 1 aliphatic rings. The van der Waals surface area contributed by atoms with E-state index >= 15 is 0 Å². The van der Waals surface area contributed by atoms with Crippen LogP contribution in [0.3, 0.4) is 0 Å². The molecule has 0 radical (unpaired) electrons. The molecule has 1 aliphatic heterocycles. The number of amides is 1. The molecular weight excluding hydrogens is 392 g/mol. The third-order valence-electron chi connectivity index (χ3n) is 5.15. The van der Waals surface area contributed by atoms with Crippen LogP contribution in [0.4, 0.5) is 11.4 Å². The van der Waals surface area contributed by atoms with Gasteiger partial charge in [-0.3, -0.25) is 4.79 Å². The van der Waals surface area contributed by atoms with Gasteiger partial charge in [-0.2, -0.15) is 5.48 Å². The summed E-state index contributed by atoms with van der Waals surface area (Å²) in [5.41, 5.74) is 4.54. The van der Waals surface area contributed by atoms with Crippen molar-refractivity contribution in [1.82, 2.24) is 10.1 Å². The Balaban J connectivity index is 1.50. The topological polar surface area (TPSA) is 86.4 Å². The summed E-state index contributed by atoms with van der Waals surface area (Å²) in [6.45, 7) is 4.24. The number of hydrogen-bond donors (Lipinski definition) is 2. The fourth-order valence-electron chi connectivity index (χ4n) is 3.59. The first-order chi connectivity index (χ1) is 14.1. The molecule has 0 atom stereocenters. The number of quaternary nitrogens is 1. The first-order valence-electron chi connectivity index (χ1n) is 9.41. The first kappa shape index (κ1) is 19.4. The zero-order chi connectivity index (χ0) is 20.4. The van der Waals surface area contributed by atoms with Gasteiger partial charge in [-0.25, -0.2) is 5.21 Å². The monoisotopic (exact) mass is 413 g/mol. The van der Waals surface area contributed by atoms with Gasteiger partial charge >= 0.3 is 0 Å². The molecule has 0 aliphatic carbocycles. The summed E-state index contributed by atoms with van der Waals surface area (Å²) in [6.07, 6.45) is 0. The van der Waals surface area contributed by atoms with Crippen molar-refractivity contribution in [2.75, 3.05) is 31.1 Å². The number of nitrogens with zero attached hydrogens (tertiary/aromatic N) is 3. The van der Waals surface area contributed by atoms with E-state index in [1.165, 1.54) is 0 Å². The van der Waals surface area contributed by atoms with Gasteiger partial charge in [0.15, 0.2) is 5.69 Å². The number of hydrogen-bond acceptors (Lipinski definition) is 5. The highest BCUT2D eigenvalue weighted by Crippen LogP contribution is 2.30. The van der Waals surface area contributed by atoms with Crippen LogP contribution < -0.4 is 10.4 Å². The number of aryl methyl sites for hydroxylation is 1. The van der Waals surface area contributed by atoms with E-state index in [4.69, 9.17) is 21.3 Å². The van der Waals surface area contributed by atoms with Crippen LogP contribution in [0.5, 0.6) is 0 Å². The van der Waals surface area contributed by atoms with Gasteiger partial charge < -0.3 is 14.3 Å². The molecule has 1 saturated heterocycles. The van der Waals surface area contributed by atoms with Crippen molar-refractivity contribution in [3.05, 3.63) is 64.9 Å². The van der Waals surface area contributed by atoms with E-state index in [1.54, 1.807) is 13.0 Å². The molecule has 4 rings (SSSR count). The van der Waals surface area contributed by atoms with Gasteiger partial charge in [0.2, 0.25) is 0 Å². The van der Waals surface area contributed by atoms with E-state index in [0.29, 0.717) is 53.9 Å². The Morgan fingerprint density at radius 2 is 1.86 bits per heavy atom. The second-order valence-electron chi connectivity index (χ2n) is 6.95. The second-order valence-corrected chi connectivity index (χ2v) is 7.35. The van der Waals surface area contributed by atoms with Gasteiger partial charge in [0.1, 0.15) is 17.0 Å². The van der Waals surface area contributed by atoms with Crippen molar-refractivity contribution in [1.29, 1.82) is 0 Å². The van der Waals surface area contributed by atoms with E-state index in [1.807, 2.05) is 47.4 Å². The number of anilines is 1. The number of benzene rings is 2. The van der Waals surface area contributed by atoms with Gasteiger partial charge in [-0.05, 0) is 13.0 Å². The van der Waals surface area contributed by atoms with Crippen LogP contribution in [0.2, 0.25) is 5.02 Å². The molecule has 0 spiro atoms. The summed E-state index contributed by atoms with van der Waals surface area (Å²) >= 11 is 6.36. The Bertz CT molecular complexity index is 1010. The summed E-state index contributed by atoms with van der Waals surface area (Å²) in [4.78, 5) is 17.2. The van der Waals surface area contributed by atoms with Crippen LogP contribution >= 0.6 is 11.6 Å². The average molecular weight is 414 g/mol. The maximum atomic E-state index is 13.2. The zero-order valence-electron chi connectivity index (χ0n) is 16.0. The summed E-state index contributed by atoms with van der Waals surface area (Å²) < 4.78 is 5.34. The molecule has 3 aromatic rings. The van der Waals surface area contributed by atoms with Gasteiger partial charge in [-0.15, -0.1) is 0 Å². The van der Waals surface area contributed by atoms with Crippen molar-refractivity contribution in [3.63, 3.8) is 0 Å². The minimum Gasteiger partial charge on any atom is -0.367 e. The fourth-order valence-corrected chi connectivity index (χ4v) is 3.89. The quantitative estimate of drug-likeness (QED) is 0.507. The van der Waals surface area contributed by atoms with Crippen LogP contribution in [-0.2, 0) is 0 Å². The largest absolute Gasteiger partial charge is 0.367 e. The van der Waals surface area contributed by atoms with E-state index in [9.17, 15) is 4.79 Å². The number of piperazine rings is 1. The number of carbonyl (C=O) groups excluding carboxylic acids is 1. The second kappa shape index (κ2) is 8.24. The third kappa shape index (κ3) is 3.85. The Hall–Kier alpha value is -2.87. The predicted octanol–water partition coefficient (Wildman–Crippen LogP) is 2.85. The Morgan fingerprint density at radius 3 is 2.52 bits per heavy atom. The van der Waals surface area contributed by atoms with Crippen molar-refractivity contribution in [3.8, 4) is 11.3 Å². The third-order valence-corrected chi connectivity index (χ3v) is 5.45. The summed E-state index contributed by atoms with van der Waals surface area (Å²) in [7, 11) is 0. The molecule has 2 heterocycles. The molecule has 1 amide bonds. The van der Waals surface area contributed by atoms with Gasteiger partial charge in [0.05, 0.1) is 10.7 Å². The fraction of sp³-hybridized carbons (Fsp3) is 0.238. The minimum absolute atomic E-state index is 0.0708. The van der Waals surface area contributed by atoms with Crippen LogP contribution in [0.15, 0.2) is 53.1 Å². The zero-order valence-corrected chi connectivity index (χ0v) is 16.8. The van der Waals surface area contributed by atoms with Crippen LogP contribution in [-0.4, -0.2) is 47.4 Å². The maximum Gasteiger partial charge on any atom is 0.259 e. The molecule has 29 heavy (non-hydrogen) atoms. The molecule has 1 aromatic heterocycles. The smallest absolute Gasteiger partial charge is 0.259 e. The van der Waals surface area contributed by atoms with Crippen molar-refractivity contribution in [2.45, 2.75) is 6.92 Å². The lowest BCUT2D eigenvalue weighted by Gasteiger charge is -2.36. The standard InChI is InChI=1S/C21H21ClN4O3/c1-14-19(20(24-29-14)15-5-3-2-4-6-15)21(27)26-11-9-25(10-12-26)18-8-7-16(23-28)13-17(18)22/h2-8,13,23,28H,9-12H2,1H3/p+1. The molecule has 150 valence electrons. The van der Waals surface area contributed by atoms with Crippen molar-refractivity contribution >= 4 is 28.9 Å². The van der Waals surface area contributed by atoms with Gasteiger partial charge in [-0.1, -0.05) is 47.1 Å². The molecule has 0 saturated carbocycles. The van der Waals surface area contributed by atoms with E-state index in [0.717, 1.165) is 16.7 Å². The average Bonchev–Trinajstić information content (AvgIpc) is 3.15. The number of aromatic nitrogens is 1. The van der Waals surface area contributed by atoms with Crippen LogP contribution in [0.1, 0.15) is 16.1 Å².